The fourth-order valence-corrected chi connectivity index (χ4v) is 2.90. The van der Waals surface area contributed by atoms with Gasteiger partial charge in [-0.1, -0.05) is 20.3 Å². The second-order valence-electron chi connectivity index (χ2n) is 5.44. The van der Waals surface area contributed by atoms with Crippen LogP contribution in [0.2, 0.25) is 5.28 Å². The van der Waals surface area contributed by atoms with E-state index in [1.807, 2.05) is 0 Å². The number of halogens is 2. The highest BCUT2D eigenvalue weighted by Gasteiger charge is 2.28. The molecule has 1 unspecified atom stereocenters. The third-order valence-corrected chi connectivity index (χ3v) is 4.02. The van der Waals surface area contributed by atoms with E-state index in [-0.39, 0.29) is 5.28 Å². The molecule has 94 valence electrons. The van der Waals surface area contributed by atoms with Gasteiger partial charge in [0.25, 0.3) is 0 Å². The number of anilines is 1. The first-order valence-electron chi connectivity index (χ1n) is 5.91. The lowest BCUT2D eigenvalue weighted by Crippen LogP contribution is -2.32. The van der Waals surface area contributed by atoms with Crippen molar-refractivity contribution in [2.24, 2.45) is 5.41 Å². The third-order valence-electron chi connectivity index (χ3n) is 3.26. The third kappa shape index (κ3) is 3.55. The van der Waals surface area contributed by atoms with E-state index >= 15 is 0 Å². The van der Waals surface area contributed by atoms with Crippen molar-refractivity contribution in [3.8, 4) is 0 Å². The highest BCUT2D eigenvalue weighted by molar-refractivity contribution is 9.10. The average Bonchev–Trinajstić information content (AvgIpc) is 2.22. The Kier molecular flexibility index (Phi) is 3.93. The highest BCUT2D eigenvalue weighted by Crippen LogP contribution is 2.36. The van der Waals surface area contributed by atoms with Crippen molar-refractivity contribution in [3.05, 3.63) is 16.0 Å². The van der Waals surface area contributed by atoms with Crippen LogP contribution >= 0.6 is 27.5 Å². The maximum absolute atomic E-state index is 5.81. The van der Waals surface area contributed by atoms with E-state index in [1.54, 1.807) is 6.20 Å². The molecule has 1 atom stereocenters. The zero-order valence-electron chi connectivity index (χ0n) is 10.1. The van der Waals surface area contributed by atoms with Gasteiger partial charge in [0, 0.05) is 12.2 Å². The number of nitrogens with one attached hydrogen (secondary N) is 1. The Bertz CT molecular complexity index is 409. The van der Waals surface area contributed by atoms with E-state index in [0.717, 1.165) is 10.3 Å². The summed E-state index contributed by atoms with van der Waals surface area (Å²) < 4.78 is 0.866. The second kappa shape index (κ2) is 5.11. The Balaban J connectivity index is 2.07. The van der Waals surface area contributed by atoms with Crippen molar-refractivity contribution in [3.63, 3.8) is 0 Å². The van der Waals surface area contributed by atoms with Gasteiger partial charge in [-0.25, -0.2) is 4.98 Å². The molecule has 0 aliphatic heterocycles. The van der Waals surface area contributed by atoms with Crippen molar-refractivity contribution in [1.29, 1.82) is 0 Å². The Morgan fingerprint density at radius 1 is 1.53 bits per heavy atom. The number of rotatable bonds is 2. The molecule has 3 nitrogen and oxygen atoms in total. The maximum atomic E-state index is 5.81. The van der Waals surface area contributed by atoms with E-state index in [2.05, 4.69) is 45.1 Å². The predicted molar refractivity (Wildman–Crippen MR) is 74.4 cm³/mol. The molecule has 1 aliphatic rings. The Morgan fingerprint density at radius 3 is 3.00 bits per heavy atom. The van der Waals surface area contributed by atoms with E-state index in [4.69, 9.17) is 11.6 Å². The van der Waals surface area contributed by atoms with E-state index in [0.29, 0.717) is 11.5 Å². The first kappa shape index (κ1) is 13.1. The SMILES string of the molecule is CC1(C)CCCC(Nc2nc(Cl)ncc2Br)C1. The summed E-state index contributed by atoms with van der Waals surface area (Å²) in [6.45, 7) is 4.64. The fraction of sp³-hybridized carbons (Fsp3) is 0.667. The van der Waals surface area contributed by atoms with Gasteiger partial charge in [-0.05, 0) is 52.2 Å². The summed E-state index contributed by atoms with van der Waals surface area (Å²) in [6.07, 6.45) is 6.61. The first-order valence-corrected chi connectivity index (χ1v) is 7.08. The molecule has 0 amide bonds. The van der Waals surface area contributed by atoms with E-state index in [9.17, 15) is 0 Å². The smallest absolute Gasteiger partial charge is 0.224 e. The molecule has 2 rings (SSSR count). The number of aromatic nitrogens is 2. The molecule has 0 bridgehead atoms. The molecule has 1 aromatic rings. The van der Waals surface area contributed by atoms with Crippen LogP contribution in [-0.2, 0) is 0 Å². The van der Waals surface area contributed by atoms with Gasteiger partial charge in [0.2, 0.25) is 5.28 Å². The average molecular weight is 319 g/mol. The van der Waals surface area contributed by atoms with Crippen molar-refractivity contribution >= 4 is 33.3 Å². The summed E-state index contributed by atoms with van der Waals surface area (Å²) in [4.78, 5) is 8.14. The van der Waals surface area contributed by atoms with Crippen LogP contribution in [0.25, 0.3) is 0 Å². The number of hydrogen-bond donors (Lipinski definition) is 1. The van der Waals surface area contributed by atoms with Gasteiger partial charge in [0.1, 0.15) is 5.82 Å². The Morgan fingerprint density at radius 2 is 2.29 bits per heavy atom. The van der Waals surface area contributed by atoms with Gasteiger partial charge in [0.05, 0.1) is 4.47 Å². The van der Waals surface area contributed by atoms with Crippen LogP contribution in [0.15, 0.2) is 10.7 Å². The van der Waals surface area contributed by atoms with Crippen LogP contribution in [0, 0.1) is 5.41 Å². The van der Waals surface area contributed by atoms with E-state index in [1.165, 1.54) is 25.7 Å². The molecular weight excluding hydrogens is 302 g/mol. The molecule has 1 saturated carbocycles. The zero-order chi connectivity index (χ0) is 12.5. The fourth-order valence-electron chi connectivity index (χ4n) is 2.46. The van der Waals surface area contributed by atoms with Crippen LogP contribution in [0.4, 0.5) is 5.82 Å². The Hall–Kier alpha value is -0.350. The molecule has 0 spiro atoms. The zero-order valence-corrected chi connectivity index (χ0v) is 12.5. The van der Waals surface area contributed by atoms with Gasteiger partial charge in [0.15, 0.2) is 0 Å². The lowest BCUT2D eigenvalue weighted by Gasteiger charge is -2.35. The molecule has 0 aromatic carbocycles. The normalized spacial score (nSPS) is 23.4. The summed E-state index contributed by atoms with van der Waals surface area (Å²) in [7, 11) is 0. The van der Waals surface area contributed by atoms with Crippen molar-refractivity contribution in [1.82, 2.24) is 9.97 Å². The van der Waals surface area contributed by atoms with Crippen molar-refractivity contribution in [2.45, 2.75) is 45.6 Å². The monoisotopic (exact) mass is 317 g/mol. The highest BCUT2D eigenvalue weighted by atomic mass is 79.9. The summed E-state index contributed by atoms with van der Waals surface area (Å²) in [6, 6.07) is 0.473. The molecule has 1 N–H and O–H groups in total. The lowest BCUT2D eigenvalue weighted by atomic mass is 9.75. The van der Waals surface area contributed by atoms with Crippen molar-refractivity contribution in [2.75, 3.05) is 5.32 Å². The van der Waals surface area contributed by atoms with Crippen LogP contribution in [0.3, 0.4) is 0 Å². The second-order valence-corrected chi connectivity index (χ2v) is 6.63. The van der Waals surface area contributed by atoms with Crippen molar-refractivity contribution < 1.29 is 0 Å². The number of hydrogen-bond acceptors (Lipinski definition) is 3. The molecule has 1 aromatic heterocycles. The van der Waals surface area contributed by atoms with Gasteiger partial charge in [-0.3, -0.25) is 0 Å². The molecule has 1 heterocycles. The lowest BCUT2D eigenvalue weighted by molar-refractivity contribution is 0.229. The minimum absolute atomic E-state index is 0.283. The van der Waals surface area contributed by atoms with Crippen LogP contribution in [0.5, 0.6) is 0 Å². The molecule has 1 fully saturated rings. The Labute approximate surface area is 116 Å². The van der Waals surface area contributed by atoms with Gasteiger partial charge >= 0.3 is 0 Å². The summed E-state index contributed by atoms with van der Waals surface area (Å²) >= 11 is 9.25. The van der Waals surface area contributed by atoms with Crippen LogP contribution in [-0.4, -0.2) is 16.0 Å². The minimum atomic E-state index is 0.283. The largest absolute Gasteiger partial charge is 0.366 e. The van der Waals surface area contributed by atoms with Gasteiger partial charge in [-0.15, -0.1) is 0 Å². The molecule has 0 saturated heterocycles. The number of nitrogens with zero attached hydrogens (tertiary/aromatic N) is 2. The summed E-state index contributed by atoms with van der Waals surface area (Å²) in [5.74, 6) is 0.799. The first-order chi connectivity index (χ1) is 7.96. The topological polar surface area (TPSA) is 37.8 Å². The predicted octanol–water partition coefficient (Wildman–Crippen LogP) is 4.27. The molecule has 1 aliphatic carbocycles. The van der Waals surface area contributed by atoms with E-state index < -0.39 is 0 Å². The quantitative estimate of drug-likeness (QED) is 0.827. The van der Waals surface area contributed by atoms with Crippen LogP contribution < -0.4 is 5.32 Å². The molecule has 17 heavy (non-hydrogen) atoms. The molecule has 0 radical (unpaired) electrons. The standard InChI is InChI=1S/C12H17BrClN3/c1-12(2)5-3-4-8(6-12)16-10-9(13)7-15-11(14)17-10/h7-8H,3-6H2,1-2H3,(H,15,16,17). The maximum Gasteiger partial charge on any atom is 0.224 e. The summed E-state index contributed by atoms with van der Waals surface area (Å²) in [5.41, 5.74) is 0.416. The van der Waals surface area contributed by atoms with Gasteiger partial charge < -0.3 is 5.32 Å². The van der Waals surface area contributed by atoms with Crippen LogP contribution in [0.1, 0.15) is 39.5 Å². The summed E-state index contributed by atoms with van der Waals surface area (Å²) in [5, 5.41) is 3.75. The van der Waals surface area contributed by atoms with Gasteiger partial charge in [-0.2, -0.15) is 4.98 Å². The minimum Gasteiger partial charge on any atom is -0.366 e. The molecule has 5 heteroatoms. The molecular formula is C12H17BrClN3.